The first-order valence-electron chi connectivity index (χ1n) is 10.4. The Hall–Kier alpha value is -3.93. The van der Waals surface area contributed by atoms with E-state index in [2.05, 4.69) is 0 Å². The standard InChI is InChI=1S/C26H22O6/c1-30-20-8-4-16(5-9-20)26-22(12-25(28)29)21-11-17-10-18(15-2-6-19(27)7-3-15)14-31-23(17)13-24(21)32-26/h2-9,11,13,18,27H,10,12,14H2,1H3,(H,28,29)/t18-/m0/s1. The molecule has 0 radical (unpaired) electrons. The summed E-state index contributed by atoms with van der Waals surface area (Å²) in [7, 11) is 1.60. The lowest BCUT2D eigenvalue weighted by atomic mass is 9.89. The first-order valence-corrected chi connectivity index (χ1v) is 10.4. The number of ether oxygens (including phenoxy) is 2. The van der Waals surface area contributed by atoms with Gasteiger partial charge in [-0.2, -0.15) is 0 Å². The molecule has 5 rings (SSSR count). The number of hydrogen-bond donors (Lipinski definition) is 2. The molecule has 0 amide bonds. The molecule has 0 saturated heterocycles. The third kappa shape index (κ3) is 3.64. The van der Waals surface area contributed by atoms with Gasteiger partial charge in [-0.3, -0.25) is 4.79 Å². The van der Waals surface area contributed by atoms with E-state index in [4.69, 9.17) is 13.9 Å². The molecule has 1 atom stereocenters. The van der Waals surface area contributed by atoms with Crippen LogP contribution < -0.4 is 9.47 Å². The summed E-state index contributed by atoms with van der Waals surface area (Å²) in [4.78, 5) is 11.6. The van der Waals surface area contributed by atoms with Gasteiger partial charge in [0, 0.05) is 28.5 Å². The average molecular weight is 430 g/mol. The number of fused-ring (bicyclic) bond motifs is 2. The maximum atomic E-state index is 11.6. The van der Waals surface area contributed by atoms with Crippen LogP contribution in [-0.4, -0.2) is 29.9 Å². The SMILES string of the molecule is COc1ccc(-c2oc3cc4c(cc3c2CC(=O)O)C[C@H](c2ccc(O)cc2)CO4)cc1. The van der Waals surface area contributed by atoms with Gasteiger partial charge in [0.15, 0.2) is 0 Å². The van der Waals surface area contributed by atoms with Gasteiger partial charge >= 0.3 is 5.97 Å². The number of aliphatic carboxylic acids is 1. The number of carboxylic acid groups (broad SMARTS) is 1. The van der Waals surface area contributed by atoms with E-state index in [0.717, 1.165) is 34.2 Å². The average Bonchev–Trinajstić information content (AvgIpc) is 3.14. The molecule has 0 unspecified atom stereocenters. The fourth-order valence-corrected chi connectivity index (χ4v) is 4.29. The molecule has 1 aliphatic rings. The van der Waals surface area contributed by atoms with E-state index in [1.54, 1.807) is 19.2 Å². The maximum Gasteiger partial charge on any atom is 0.307 e. The Kier molecular flexibility index (Phi) is 4.98. The van der Waals surface area contributed by atoms with Gasteiger partial charge in [-0.25, -0.2) is 0 Å². The molecule has 0 aliphatic carbocycles. The molecule has 0 bridgehead atoms. The highest BCUT2D eigenvalue weighted by atomic mass is 16.5. The molecule has 1 aromatic heterocycles. The Balaban J connectivity index is 1.57. The summed E-state index contributed by atoms with van der Waals surface area (Å²) in [5.74, 6) is 1.48. The number of aromatic hydroxyl groups is 1. The Morgan fingerprint density at radius 3 is 2.53 bits per heavy atom. The molecular weight excluding hydrogens is 408 g/mol. The van der Waals surface area contributed by atoms with Gasteiger partial charge in [0.05, 0.1) is 20.1 Å². The van der Waals surface area contributed by atoms with Gasteiger partial charge < -0.3 is 24.1 Å². The first-order chi connectivity index (χ1) is 15.5. The normalized spacial score (nSPS) is 15.2. The van der Waals surface area contributed by atoms with Crippen LogP contribution in [0, 0.1) is 0 Å². The van der Waals surface area contributed by atoms with Crippen LogP contribution in [0.5, 0.6) is 17.2 Å². The van der Waals surface area contributed by atoms with E-state index in [1.165, 1.54) is 0 Å². The summed E-state index contributed by atoms with van der Waals surface area (Å²) in [6.07, 6.45) is 0.612. The minimum Gasteiger partial charge on any atom is -0.508 e. The molecule has 2 heterocycles. The van der Waals surface area contributed by atoms with Crippen molar-refractivity contribution < 1.29 is 28.9 Å². The van der Waals surface area contributed by atoms with Gasteiger partial charge in [-0.05, 0) is 60.0 Å². The third-order valence-electron chi connectivity index (χ3n) is 5.92. The Bertz CT molecular complexity index is 1280. The molecule has 0 fully saturated rings. The van der Waals surface area contributed by atoms with Crippen molar-refractivity contribution in [2.24, 2.45) is 0 Å². The van der Waals surface area contributed by atoms with Crippen molar-refractivity contribution in [2.45, 2.75) is 18.8 Å². The molecular formula is C26H22O6. The highest BCUT2D eigenvalue weighted by Crippen LogP contribution is 2.41. The summed E-state index contributed by atoms with van der Waals surface area (Å²) in [6, 6.07) is 18.4. The Morgan fingerprint density at radius 1 is 1.09 bits per heavy atom. The van der Waals surface area contributed by atoms with Crippen LogP contribution in [0.3, 0.4) is 0 Å². The number of carbonyl (C=O) groups is 1. The van der Waals surface area contributed by atoms with E-state index >= 15 is 0 Å². The van der Waals surface area contributed by atoms with Crippen LogP contribution >= 0.6 is 0 Å². The van der Waals surface area contributed by atoms with Crippen molar-refractivity contribution in [2.75, 3.05) is 13.7 Å². The number of carboxylic acids is 1. The zero-order valence-electron chi connectivity index (χ0n) is 17.5. The zero-order valence-corrected chi connectivity index (χ0v) is 17.5. The van der Waals surface area contributed by atoms with Crippen LogP contribution in [0.4, 0.5) is 0 Å². The lowest BCUT2D eigenvalue weighted by Gasteiger charge is -2.25. The van der Waals surface area contributed by atoms with Crippen LogP contribution in [-0.2, 0) is 17.6 Å². The monoisotopic (exact) mass is 430 g/mol. The lowest BCUT2D eigenvalue weighted by molar-refractivity contribution is -0.136. The minimum absolute atomic E-state index is 0.143. The van der Waals surface area contributed by atoms with Crippen LogP contribution in [0.25, 0.3) is 22.3 Å². The number of hydrogen-bond acceptors (Lipinski definition) is 5. The summed E-state index contributed by atoms with van der Waals surface area (Å²) >= 11 is 0. The number of phenolic OH excluding ortho intramolecular Hbond substituents is 1. The Morgan fingerprint density at radius 2 is 1.84 bits per heavy atom. The fraction of sp³-hybridized carbons (Fsp3) is 0.192. The molecule has 32 heavy (non-hydrogen) atoms. The van der Waals surface area contributed by atoms with Crippen LogP contribution in [0.2, 0.25) is 0 Å². The van der Waals surface area contributed by atoms with E-state index in [9.17, 15) is 15.0 Å². The number of methoxy groups -OCH3 is 1. The van der Waals surface area contributed by atoms with Gasteiger partial charge in [-0.1, -0.05) is 12.1 Å². The summed E-state index contributed by atoms with van der Waals surface area (Å²) in [5.41, 5.74) is 4.14. The number of furan rings is 1. The molecule has 2 N–H and O–H groups in total. The van der Waals surface area contributed by atoms with Crippen LogP contribution in [0.1, 0.15) is 22.6 Å². The smallest absolute Gasteiger partial charge is 0.307 e. The molecule has 0 spiro atoms. The largest absolute Gasteiger partial charge is 0.508 e. The van der Waals surface area contributed by atoms with Crippen molar-refractivity contribution in [3.05, 3.63) is 77.4 Å². The maximum absolute atomic E-state index is 11.6. The van der Waals surface area contributed by atoms with E-state index in [-0.39, 0.29) is 18.1 Å². The second-order valence-corrected chi connectivity index (χ2v) is 7.97. The predicted octanol–water partition coefficient (Wildman–Crippen LogP) is 5.16. The minimum atomic E-state index is -0.918. The lowest BCUT2D eigenvalue weighted by Crippen LogP contribution is -2.19. The van der Waals surface area contributed by atoms with E-state index in [1.807, 2.05) is 48.5 Å². The third-order valence-corrected chi connectivity index (χ3v) is 5.92. The molecule has 6 heteroatoms. The van der Waals surface area contributed by atoms with Crippen molar-refractivity contribution in [3.8, 4) is 28.6 Å². The second kappa shape index (κ2) is 7.96. The van der Waals surface area contributed by atoms with Crippen molar-refractivity contribution in [1.29, 1.82) is 0 Å². The van der Waals surface area contributed by atoms with E-state index in [0.29, 0.717) is 29.3 Å². The topological polar surface area (TPSA) is 89.1 Å². The van der Waals surface area contributed by atoms with Crippen molar-refractivity contribution in [3.63, 3.8) is 0 Å². The summed E-state index contributed by atoms with van der Waals surface area (Å²) in [5, 5.41) is 19.9. The van der Waals surface area contributed by atoms with Crippen LogP contribution in [0.15, 0.2) is 65.1 Å². The summed E-state index contributed by atoms with van der Waals surface area (Å²) in [6.45, 7) is 0.525. The molecule has 0 saturated carbocycles. The summed E-state index contributed by atoms with van der Waals surface area (Å²) < 4.78 is 17.4. The molecule has 162 valence electrons. The number of rotatable bonds is 5. The zero-order chi connectivity index (χ0) is 22.2. The van der Waals surface area contributed by atoms with Gasteiger partial charge in [0.1, 0.15) is 28.6 Å². The predicted molar refractivity (Wildman–Crippen MR) is 120 cm³/mol. The second-order valence-electron chi connectivity index (χ2n) is 7.97. The van der Waals surface area contributed by atoms with Gasteiger partial charge in [-0.15, -0.1) is 0 Å². The quantitative estimate of drug-likeness (QED) is 0.455. The van der Waals surface area contributed by atoms with Gasteiger partial charge in [0.2, 0.25) is 0 Å². The molecule has 3 aromatic carbocycles. The Labute approximate surface area is 184 Å². The molecule has 4 aromatic rings. The fourth-order valence-electron chi connectivity index (χ4n) is 4.29. The first kappa shape index (κ1) is 20.0. The van der Waals surface area contributed by atoms with Crippen molar-refractivity contribution in [1.82, 2.24) is 0 Å². The van der Waals surface area contributed by atoms with Crippen molar-refractivity contribution >= 4 is 16.9 Å². The molecule has 6 nitrogen and oxygen atoms in total. The van der Waals surface area contributed by atoms with E-state index < -0.39 is 5.97 Å². The number of phenols is 1. The highest BCUT2D eigenvalue weighted by molar-refractivity contribution is 5.93. The highest BCUT2D eigenvalue weighted by Gasteiger charge is 2.25. The molecule has 1 aliphatic heterocycles. The number of benzene rings is 3. The van der Waals surface area contributed by atoms with Gasteiger partial charge in [0.25, 0.3) is 0 Å².